The number of halogens is 2. The Morgan fingerprint density at radius 3 is 2.47 bits per heavy atom. The highest BCUT2D eigenvalue weighted by Gasteiger charge is 2.24. The minimum absolute atomic E-state index is 0.218. The molecule has 5 nitrogen and oxygen atoms in total. The summed E-state index contributed by atoms with van der Waals surface area (Å²) in [6, 6.07) is 14.5. The Bertz CT molecular complexity index is 1000. The van der Waals surface area contributed by atoms with E-state index in [9.17, 15) is 4.79 Å². The van der Waals surface area contributed by atoms with Crippen molar-refractivity contribution in [2.45, 2.75) is 37.2 Å². The third-order valence-electron chi connectivity index (χ3n) is 4.59. The molecule has 0 saturated carbocycles. The van der Waals surface area contributed by atoms with E-state index in [1.807, 2.05) is 35.9 Å². The number of amides is 1. The van der Waals surface area contributed by atoms with E-state index in [4.69, 9.17) is 23.2 Å². The number of rotatable bonds is 8. The molecule has 158 valence electrons. The van der Waals surface area contributed by atoms with Gasteiger partial charge in [0.05, 0.1) is 16.6 Å². The van der Waals surface area contributed by atoms with E-state index in [2.05, 4.69) is 29.4 Å². The van der Waals surface area contributed by atoms with Gasteiger partial charge in [0, 0.05) is 17.8 Å². The largest absolute Gasteiger partial charge is 0.342 e. The Balaban J connectivity index is 1.76. The predicted molar refractivity (Wildman–Crippen MR) is 123 cm³/mol. The second-order valence-corrected chi connectivity index (χ2v) is 9.24. The number of nitrogens with zero attached hydrogens (tertiary/aromatic N) is 3. The number of aromatic nitrogens is 3. The van der Waals surface area contributed by atoms with Crippen LogP contribution < -0.4 is 5.32 Å². The van der Waals surface area contributed by atoms with Crippen molar-refractivity contribution in [1.82, 2.24) is 20.1 Å². The molecule has 1 amide bonds. The van der Waals surface area contributed by atoms with E-state index in [0.29, 0.717) is 16.5 Å². The van der Waals surface area contributed by atoms with Gasteiger partial charge in [-0.05, 0) is 42.2 Å². The lowest BCUT2D eigenvalue weighted by Crippen LogP contribution is -2.31. The van der Waals surface area contributed by atoms with Crippen LogP contribution in [-0.4, -0.2) is 20.7 Å². The molecule has 0 fully saturated rings. The standard InChI is InChI=1S/C22H24Cl2N4OS/c1-14(2)12-19(25-21(29)17-6-4-5-7-18(17)24)20-26-27-22(28(20)3)30-13-15-8-10-16(23)11-9-15/h4-11,14,19H,12-13H2,1-3H3,(H,25,29). The van der Waals surface area contributed by atoms with Gasteiger partial charge >= 0.3 is 0 Å². The molecule has 0 bridgehead atoms. The van der Waals surface area contributed by atoms with Crippen LogP contribution in [0.2, 0.25) is 10.0 Å². The van der Waals surface area contributed by atoms with E-state index >= 15 is 0 Å². The maximum Gasteiger partial charge on any atom is 0.253 e. The molecule has 0 aliphatic heterocycles. The van der Waals surface area contributed by atoms with Gasteiger partial charge in [-0.3, -0.25) is 4.79 Å². The maximum atomic E-state index is 12.8. The lowest BCUT2D eigenvalue weighted by Gasteiger charge is -2.20. The number of hydrogen-bond donors (Lipinski definition) is 1. The van der Waals surface area contributed by atoms with Gasteiger partial charge in [-0.2, -0.15) is 0 Å². The van der Waals surface area contributed by atoms with E-state index in [1.165, 1.54) is 0 Å². The van der Waals surface area contributed by atoms with Crippen molar-refractivity contribution in [2.24, 2.45) is 13.0 Å². The Morgan fingerprint density at radius 2 is 1.80 bits per heavy atom. The zero-order chi connectivity index (χ0) is 21.7. The predicted octanol–water partition coefficient (Wildman–Crippen LogP) is 5.93. The number of carbonyl (C=O) groups excluding carboxylic acids is 1. The molecule has 8 heteroatoms. The molecular weight excluding hydrogens is 439 g/mol. The van der Waals surface area contributed by atoms with E-state index in [-0.39, 0.29) is 11.9 Å². The normalized spacial score (nSPS) is 12.2. The summed E-state index contributed by atoms with van der Waals surface area (Å²) < 4.78 is 1.94. The molecule has 1 N–H and O–H groups in total. The fourth-order valence-corrected chi connectivity index (χ4v) is 4.29. The molecule has 0 aliphatic rings. The molecule has 2 aromatic carbocycles. The lowest BCUT2D eigenvalue weighted by molar-refractivity contribution is 0.0929. The van der Waals surface area contributed by atoms with Gasteiger partial charge in [0.25, 0.3) is 5.91 Å². The smallest absolute Gasteiger partial charge is 0.253 e. The van der Waals surface area contributed by atoms with E-state index in [0.717, 1.165) is 33.7 Å². The third kappa shape index (κ3) is 5.78. The van der Waals surface area contributed by atoms with Crippen LogP contribution in [0.15, 0.2) is 53.7 Å². The van der Waals surface area contributed by atoms with Gasteiger partial charge in [0.15, 0.2) is 11.0 Å². The van der Waals surface area contributed by atoms with Crippen LogP contribution in [-0.2, 0) is 12.8 Å². The molecule has 0 radical (unpaired) electrons. The fourth-order valence-electron chi connectivity index (χ4n) is 3.07. The Kier molecular flexibility index (Phi) is 7.81. The minimum atomic E-state index is -0.267. The summed E-state index contributed by atoms with van der Waals surface area (Å²) in [6.45, 7) is 4.22. The van der Waals surface area contributed by atoms with Gasteiger partial charge in [-0.1, -0.05) is 73.1 Å². The van der Waals surface area contributed by atoms with Crippen molar-refractivity contribution in [3.8, 4) is 0 Å². The number of hydrogen-bond acceptors (Lipinski definition) is 4. The Labute approximate surface area is 191 Å². The van der Waals surface area contributed by atoms with Gasteiger partial charge < -0.3 is 9.88 Å². The molecule has 30 heavy (non-hydrogen) atoms. The van der Waals surface area contributed by atoms with Crippen LogP contribution in [0.4, 0.5) is 0 Å². The van der Waals surface area contributed by atoms with Crippen molar-refractivity contribution in [1.29, 1.82) is 0 Å². The number of carbonyl (C=O) groups is 1. The molecule has 0 saturated heterocycles. The molecular formula is C22H24Cl2N4OS. The first kappa shape index (κ1) is 22.7. The molecule has 1 aromatic heterocycles. The summed E-state index contributed by atoms with van der Waals surface area (Å²) >= 11 is 13.7. The van der Waals surface area contributed by atoms with Gasteiger partial charge in [-0.15, -0.1) is 10.2 Å². The van der Waals surface area contributed by atoms with Crippen molar-refractivity contribution < 1.29 is 4.79 Å². The zero-order valence-electron chi connectivity index (χ0n) is 17.1. The quantitative estimate of drug-likeness (QED) is 0.421. The number of thioether (sulfide) groups is 1. The third-order valence-corrected chi connectivity index (χ3v) is 6.27. The molecule has 0 aliphatic carbocycles. The molecule has 3 rings (SSSR count). The van der Waals surface area contributed by atoms with Crippen LogP contribution in [0.5, 0.6) is 0 Å². The average molecular weight is 463 g/mol. The highest BCUT2D eigenvalue weighted by molar-refractivity contribution is 7.98. The second-order valence-electron chi connectivity index (χ2n) is 7.45. The summed E-state index contributed by atoms with van der Waals surface area (Å²) in [7, 11) is 1.93. The SMILES string of the molecule is CC(C)CC(NC(=O)c1ccccc1Cl)c1nnc(SCc2ccc(Cl)cc2)n1C. The highest BCUT2D eigenvalue weighted by atomic mass is 35.5. The Hall–Kier alpha value is -2.02. The van der Waals surface area contributed by atoms with Crippen molar-refractivity contribution >= 4 is 40.9 Å². The summed E-state index contributed by atoms with van der Waals surface area (Å²) in [5, 5.41) is 13.8. The lowest BCUT2D eigenvalue weighted by atomic mass is 10.0. The highest BCUT2D eigenvalue weighted by Crippen LogP contribution is 2.27. The maximum absolute atomic E-state index is 12.8. The van der Waals surface area contributed by atoms with E-state index < -0.39 is 0 Å². The van der Waals surface area contributed by atoms with Gasteiger partial charge in [0.1, 0.15) is 0 Å². The van der Waals surface area contributed by atoms with Gasteiger partial charge in [-0.25, -0.2) is 0 Å². The van der Waals surface area contributed by atoms with Gasteiger partial charge in [0.2, 0.25) is 0 Å². The number of nitrogens with one attached hydrogen (secondary N) is 1. The van der Waals surface area contributed by atoms with Crippen molar-refractivity contribution in [2.75, 3.05) is 0 Å². The molecule has 1 heterocycles. The van der Waals surface area contributed by atoms with Crippen LogP contribution in [0.3, 0.4) is 0 Å². The van der Waals surface area contributed by atoms with E-state index in [1.54, 1.807) is 36.0 Å². The van der Waals surface area contributed by atoms with Crippen LogP contribution in [0, 0.1) is 5.92 Å². The van der Waals surface area contributed by atoms with Crippen LogP contribution in [0.1, 0.15) is 48.1 Å². The topological polar surface area (TPSA) is 59.8 Å². The minimum Gasteiger partial charge on any atom is -0.342 e. The summed E-state index contributed by atoms with van der Waals surface area (Å²) in [4.78, 5) is 12.8. The zero-order valence-corrected chi connectivity index (χ0v) is 19.4. The van der Waals surface area contributed by atoms with Crippen LogP contribution in [0.25, 0.3) is 0 Å². The first-order valence-corrected chi connectivity index (χ1v) is 11.4. The summed E-state index contributed by atoms with van der Waals surface area (Å²) in [5.41, 5.74) is 1.60. The molecule has 0 spiro atoms. The van der Waals surface area contributed by atoms with Crippen LogP contribution >= 0.6 is 35.0 Å². The molecule has 1 unspecified atom stereocenters. The first-order valence-electron chi connectivity index (χ1n) is 9.67. The number of benzene rings is 2. The molecule has 3 aromatic rings. The average Bonchev–Trinajstić information content (AvgIpc) is 3.07. The summed E-state index contributed by atoms with van der Waals surface area (Å²) in [6.07, 6.45) is 0.740. The second kappa shape index (κ2) is 10.3. The molecule has 1 atom stereocenters. The van der Waals surface area contributed by atoms with Crippen molar-refractivity contribution in [3.05, 3.63) is 75.5 Å². The van der Waals surface area contributed by atoms with Crippen molar-refractivity contribution in [3.63, 3.8) is 0 Å². The fraction of sp³-hybridized carbons (Fsp3) is 0.318. The summed E-state index contributed by atoms with van der Waals surface area (Å²) in [5.74, 6) is 1.62. The Morgan fingerprint density at radius 1 is 1.10 bits per heavy atom. The first-order chi connectivity index (χ1) is 14.3. The monoisotopic (exact) mass is 462 g/mol.